The summed E-state index contributed by atoms with van der Waals surface area (Å²) in [6.07, 6.45) is -2.61. The molecule has 8 heteroatoms. The average Bonchev–Trinajstić information content (AvgIpc) is 3.18. The maximum absolute atomic E-state index is 13.8. The number of anilines is 2. The normalized spacial score (nSPS) is 18.4. The lowest BCUT2D eigenvalue weighted by atomic mass is 9.97. The average molecular weight is 414 g/mol. The predicted octanol–water partition coefficient (Wildman–Crippen LogP) is 5.36. The van der Waals surface area contributed by atoms with E-state index in [-0.39, 0.29) is 18.1 Å². The molecule has 2 N–H and O–H groups in total. The van der Waals surface area contributed by atoms with Gasteiger partial charge in [-0.15, -0.1) is 0 Å². The van der Waals surface area contributed by atoms with E-state index in [0.717, 1.165) is 28.3 Å². The van der Waals surface area contributed by atoms with Crippen molar-refractivity contribution in [2.75, 3.05) is 10.6 Å². The molecule has 0 aliphatic carbocycles. The highest BCUT2D eigenvalue weighted by atomic mass is 19.4. The number of amides is 1. The molecule has 0 bridgehead atoms. The largest absolute Gasteiger partial charge is 0.409 e. The zero-order chi connectivity index (χ0) is 21.3. The lowest BCUT2D eigenvalue weighted by molar-refractivity contribution is -0.171. The summed E-state index contributed by atoms with van der Waals surface area (Å²) < 4.78 is 42.3. The van der Waals surface area contributed by atoms with E-state index in [1.54, 1.807) is 36.4 Å². The first-order valence-electron chi connectivity index (χ1n) is 9.72. The summed E-state index contributed by atoms with van der Waals surface area (Å²) in [5, 5.41) is 5.73. The van der Waals surface area contributed by atoms with E-state index in [2.05, 4.69) is 15.6 Å². The number of halogens is 3. The number of aryl methyl sites for hydroxylation is 1. The van der Waals surface area contributed by atoms with Crippen LogP contribution in [0.4, 0.5) is 24.8 Å². The summed E-state index contributed by atoms with van der Waals surface area (Å²) in [6.45, 7) is 2.02. The number of hydrogen-bond donors (Lipinski definition) is 2. The minimum absolute atomic E-state index is 0.0314. The van der Waals surface area contributed by atoms with Crippen LogP contribution >= 0.6 is 0 Å². The summed E-state index contributed by atoms with van der Waals surface area (Å²) in [5.41, 5.74) is 2.35. The zero-order valence-electron chi connectivity index (χ0n) is 16.3. The number of nitrogens with one attached hydrogen (secondary N) is 2. The Labute approximate surface area is 171 Å². The van der Waals surface area contributed by atoms with Crippen LogP contribution in [0, 0.1) is 0 Å². The molecule has 0 spiro atoms. The van der Waals surface area contributed by atoms with Crippen LogP contribution in [-0.4, -0.2) is 21.6 Å². The molecule has 2 atom stereocenters. The lowest BCUT2D eigenvalue weighted by Gasteiger charge is -2.33. The van der Waals surface area contributed by atoms with Gasteiger partial charge in [0.2, 0.25) is 5.95 Å². The number of imidazole rings is 1. The van der Waals surface area contributed by atoms with Crippen LogP contribution in [0.5, 0.6) is 0 Å². The maximum atomic E-state index is 13.8. The number of rotatable bonds is 4. The van der Waals surface area contributed by atoms with Crippen LogP contribution in [0.15, 0.2) is 60.8 Å². The summed E-state index contributed by atoms with van der Waals surface area (Å²) in [6, 6.07) is 13.9. The molecule has 0 saturated carbocycles. The van der Waals surface area contributed by atoms with Gasteiger partial charge < -0.3 is 15.2 Å². The van der Waals surface area contributed by atoms with Gasteiger partial charge in [0, 0.05) is 18.3 Å². The molecule has 0 fully saturated rings. The molecule has 0 saturated heterocycles. The van der Waals surface area contributed by atoms with Crippen LogP contribution in [0.1, 0.15) is 47.0 Å². The molecule has 5 nitrogen and oxygen atoms in total. The monoisotopic (exact) mass is 414 g/mol. The molecule has 0 radical (unpaired) electrons. The van der Waals surface area contributed by atoms with Gasteiger partial charge in [-0.25, -0.2) is 4.98 Å². The summed E-state index contributed by atoms with van der Waals surface area (Å²) in [5.74, 6) is -0.524. The number of hydrogen-bond acceptors (Lipinski definition) is 3. The molecule has 30 heavy (non-hydrogen) atoms. The highest BCUT2D eigenvalue weighted by molar-refractivity contribution is 6.03. The summed E-state index contributed by atoms with van der Waals surface area (Å²) in [7, 11) is 0. The third kappa shape index (κ3) is 4.03. The number of aromatic nitrogens is 2. The molecule has 3 aromatic rings. The summed E-state index contributed by atoms with van der Waals surface area (Å²) >= 11 is 0. The van der Waals surface area contributed by atoms with Gasteiger partial charge in [-0.1, -0.05) is 49.4 Å². The Morgan fingerprint density at radius 1 is 1.17 bits per heavy atom. The van der Waals surface area contributed by atoms with Crippen molar-refractivity contribution >= 4 is 17.5 Å². The fourth-order valence-corrected chi connectivity index (χ4v) is 3.61. The van der Waals surface area contributed by atoms with E-state index >= 15 is 0 Å². The molecule has 2 heterocycles. The van der Waals surface area contributed by atoms with Crippen molar-refractivity contribution in [3.8, 4) is 0 Å². The van der Waals surface area contributed by atoms with Crippen molar-refractivity contribution in [3.05, 3.63) is 77.6 Å². The van der Waals surface area contributed by atoms with Crippen LogP contribution in [-0.2, 0) is 6.42 Å². The molecule has 156 valence electrons. The quantitative estimate of drug-likeness (QED) is 0.604. The van der Waals surface area contributed by atoms with Crippen LogP contribution < -0.4 is 10.6 Å². The van der Waals surface area contributed by atoms with Crippen LogP contribution in [0.3, 0.4) is 0 Å². The Morgan fingerprint density at radius 2 is 1.87 bits per heavy atom. The molecule has 0 unspecified atom stereocenters. The van der Waals surface area contributed by atoms with Crippen molar-refractivity contribution in [2.24, 2.45) is 0 Å². The topological polar surface area (TPSA) is 59.0 Å². The Morgan fingerprint density at radius 3 is 2.50 bits per heavy atom. The van der Waals surface area contributed by atoms with E-state index in [9.17, 15) is 18.0 Å². The van der Waals surface area contributed by atoms with Crippen LogP contribution in [0.2, 0.25) is 0 Å². The standard InChI is InChI=1S/C22H21F3N4O/c1-2-14-8-10-16(11-9-14)26-20(30)18-13-29-19(22(23,24)25)12-17(27-21(29)28-18)15-6-4-3-5-7-15/h3-11,13,17,19H,2,12H2,1H3,(H,26,30)(H,27,28)/t17-,19-/m1/s1. The summed E-state index contributed by atoms with van der Waals surface area (Å²) in [4.78, 5) is 16.8. The van der Waals surface area contributed by atoms with Crippen LogP contribution in [0.25, 0.3) is 0 Å². The second-order valence-electron chi connectivity index (χ2n) is 7.26. The van der Waals surface area contributed by atoms with Crippen molar-refractivity contribution in [3.63, 3.8) is 0 Å². The predicted molar refractivity (Wildman–Crippen MR) is 109 cm³/mol. The van der Waals surface area contributed by atoms with E-state index in [0.29, 0.717) is 5.69 Å². The van der Waals surface area contributed by atoms with Gasteiger partial charge >= 0.3 is 6.18 Å². The first-order valence-corrected chi connectivity index (χ1v) is 9.72. The lowest BCUT2D eigenvalue weighted by Crippen LogP contribution is -2.34. The number of nitrogens with zero attached hydrogens (tertiary/aromatic N) is 2. The molecule has 1 aliphatic heterocycles. The highest BCUT2D eigenvalue weighted by Gasteiger charge is 2.46. The Balaban J connectivity index is 1.61. The minimum Gasteiger partial charge on any atom is -0.349 e. The van der Waals surface area contributed by atoms with E-state index in [4.69, 9.17) is 0 Å². The third-order valence-corrected chi connectivity index (χ3v) is 5.26. The Bertz CT molecular complexity index is 1030. The second-order valence-corrected chi connectivity index (χ2v) is 7.26. The minimum atomic E-state index is -4.46. The van der Waals surface area contributed by atoms with Gasteiger partial charge in [0.1, 0.15) is 11.7 Å². The molecule has 1 aromatic heterocycles. The highest BCUT2D eigenvalue weighted by Crippen LogP contribution is 2.43. The number of benzene rings is 2. The fourth-order valence-electron chi connectivity index (χ4n) is 3.61. The fraction of sp³-hybridized carbons (Fsp3) is 0.273. The molecule has 2 aromatic carbocycles. The van der Waals surface area contributed by atoms with Gasteiger partial charge in [-0.2, -0.15) is 13.2 Å². The number of alkyl halides is 3. The number of fused-ring (bicyclic) bond motifs is 1. The van der Waals surface area contributed by atoms with Crippen molar-refractivity contribution in [1.29, 1.82) is 0 Å². The van der Waals surface area contributed by atoms with E-state index in [1.165, 1.54) is 0 Å². The molecular weight excluding hydrogens is 393 g/mol. The first-order chi connectivity index (χ1) is 14.3. The maximum Gasteiger partial charge on any atom is 0.409 e. The van der Waals surface area contributed by atoms with Gasteiger partial charge in [-0.3, -0.25) is 4.79 Å². The second kappa shape index (κ2) is 7.85. The smallest absolute Gasteiger partial charge is 0.349 e. The van der Waals surface area contributed by atoms with Crippen molar-refractivity contribution < 1.29 is 18.0 Å². The van der Waals surface area contributed by atoms with E-state index in [1.807, 2.05) is 25.1 Å². The molecule has 1 aliphatic rings. The van der Waals surface area contributed by atoms with E-state index < -0.39 is 24.2 Å². The van der Waals surface area contributed by atoms with Gasteiger partial charge in [0.15, 0.2) is 0 Å². The van der Waals surface area contributed by atoms with Gasteiger partial charge in [0.25, 0.3) is 5.91 Å². The van der Waals surface area contributed by atoms with Crippen molar-refractivity contribution in [1.82, 2.24) is 9.55 Å². The molecule has 1 amide bonds. The molecular formula is C22H21F3N4O. The first kappa shape index (κ1) is 20.0. The number of carbonyl (C=O) groups excluding carboxylic acids is 1. The number of carbonyl (C=O) groups is 1. The zero-order valence-corrected chi connectivity index (χ0v) is 16.3. The Hall–Kier alpha value is -3.29. The third-order valence-electron chi connectivity index (χ3n) is 5.26. The van der Waals surface area contributed by atoms with Gasteiger partial charge in [-0.05, 0) is 29.7 Å². The Kier molecular flexibility index (Phi) is 5.24. The van der Waals surface area contributed by atoms with Crippen molar-refractivity contribution in [2.45, 2.75) is 38.0 Å². The van der Waals surface area contributed by atoms with Gasteiger partial charge in [0.05, 0.1) is 6.04 Å². The SMILES string of the molecule is CCc1ccc(NC(=O)c2cn3c(n2)N[C@@H](c2ccccc2)C[C@@H]3C(F)(F)F)cc1. The molecule has 4 rings (SSSR count).